The predicted molar refractivity (Wildman–Crippen MR) is 28.7 cm³/mol. The van der Waals surface area contributed by atoms with Crippen LogP contribution in [0.15, 0.2) is 22.8 Å². The lowest BCUT2D eigenvalue weighted by atomic mass is 10.3. The molecule has 1 aromatic rings. The summed E-state index contributed by atoms with van der Waals surface area (Å²) in [6.07, 6.45) is 2.51. The van der Waals surface area contributed by atoms with E-state index < -0.39 is 5.78 Å². The van der Waals surface area contributed by atoms with Crippen molar-refractivity contribution in [2.75, 3.05) is 0 Å². The molecule has 0 amide bonds. The summed E-state index contributed by atoms with van der Waals surface area (Å²) in [5.74, 6) is -0.718. The third kappa shape index (κ3) is 1.05. The highest BCUT2D eigenvalue weighted by molar-refractivity contribution is 6.32. The van der Waals surface area contributed by atoms with Crippen molar-refractivity contribution in [3.63, 3.8) is 0 Å². The Morgan fingerprint density at radius 1 is 1.67 bits per heavy atom. The normalized spacial score (nSPS) is 8.89. The molecule has 3 heteroatoms. The van der Waals surface area contributed by atoms with E-state index in [0.29, 0.717) is 0 Å². The van der Waals surface area contributed by atoms with Gasteiger partial charge >= 0.3 is 0 Å². The second-order valence-corrected chi connectivity index (χ2v) is 1.41. The molecule has 9 heavy (non-hydrogen) atoms. The maximum absolute atomic E-state index is 10.4. The van der Waals surface area contributed by atoms with E-state index in [1.165, 1.54) is 24.7 Å². The van der Waals surface area contributed by atoms with Crippen molar-refractivity contribution in [3.8, 4) is 0 Å². The van der Waals surface area contributed by atoms with Crippen LogP contribution < -0.4 is 0 Å². The molecule has 0 saturated heterocycles. The standard InChI is InChI=1S/C6H3O3/c7-4-5(8)6-2-1-3-9-6/h1-3H. The van der Waals surface area contributed by atoms with E-state index >= 15 is 0 Å². The quantitative estimate of drug-likeness (QED) is 0.426. The third-order valence-corrected chi connectivity index (χ3v) is 0.838. The van der Waals surface area contributed by atoms with Crippen LogP contribution >= 0.6 is 0 Å². The fourth-order valence-corrected chi connectivity index (χ4v) is 0.458. The Bertz CT molecular complexity index is 210. The minimum atomic E-state index is -0.750. The zero-order valence-corrected chi connectivity index (χ0v) is 4.46. The highest BCUT2D eigenvalue weighted by atomic mass is 16.3. The first-order valence-electron chi connectivity index (χ1n) is 2.30. The van der Waals surface area contributed by atoms with Crippen LogP contribution in [0.25, 0.3) is 0 Å². The molecule has 0 fully saturated rings. The first kappa shape index (κ1) is 5.75. The van der Waals surface area contributed by atoms with Crippen molar-refractivity contribution < 1.29 is 14.0 Å². The Labute approximate surface area is 51.3 Å². The molecule has 0 bridgehead atoms. The fourth-order valence-electron chi connectivity index (χ4n) is 0.458. The zero-order chi connectivity index (χ0) is 6.69. The van der Waals surface area contributed by atoms with E-state index in [9.17, 15) is 9.59 Å². The van der Waals surface area contributed by atoms with E-state index in [2.05, 4.69) is 4.42 Å². The summed E-state index contributed by atoms with van der Waals surface area (Å²) in [4.78, 5) is 20.0. The van der Waals surface area contributed by atoms with Gasteiger partial charge in [0.2, 0.25) is 0 Å². The maximum Gasteiger partial charge on any atom is 0.280 e. The number of hydrogen-bond donors (Lipinski definition) is 0. The molecular formula is C6H3O3. The molecule has 1 aromatic heterocycles. The molecule has 0 saturated carbocycles. The maximum atomic E-state index is 10.4. The number of Topliss-reactive ketones (excluding diaryl/α,β-unsaturated/α-hetero) is 1. The Hall–Kier alpha value is -1.38. The molecular weight excluding hydrogens is 120 g/mol. The second kappa shape index (κ2) is 2.26. The van der Waals surface area contributed by atoms with Gasteiger partial charge in [0.15, 0.2) is 5.76 Å². The van der Waals surface area contributed by atoms with Gasteiger partial charge in [0.05, 0.1) is 6.26 Å². The minimum Gasteiger partial charge on any atom is -0.461 e. The summed E-state index contributed by atoms with van der Waals surface area (Å²) in [6, 6.07) is 2.94. The van der Waals surface area contributed by atoms with Crippen molar-refractivity contribution in [1.29, 1.82) is 0 Å². The SMILES string of the molecule is O=[C]C(=O)c1ccco1. The van der Waals surface area contributed by atoms with Crippen LogP contribution in [0.1, 0.15) is 10.6 Å². The van der Waals surface area contributed by atoms with Gasteiger partial charge in [0.1, 0.15) is 0 Å². The summed E-state index contributed by atoms with van der Waals surface area (Å²) in [5.41, 5.74) is 0. The van der Waals surface area contributed by atoms with Gasteiger partial charge in [0, 0.05) is 0 Å². The van der Waals surface area contributed by atoms with E-state index in [4.69, 9.17) is 0 Å². The molecule has 3 nitrogen and oxygen atoms in total. The highest BCUT2D eigenvalue weighted by Gasteiger charge is 2.05. The Morgan fingerprint density at radius 2 is 2.44 bits per heavy atom. The molecule has 1 rings (SSSR count). The molecule has 0 N–H and O–H groups in total. The van der Waals surface area contributed by atoms with E-state index in [1.807, 2.05) is 0 Å². The van der Waals surface area contributed by atoms with Gasteiger partial charge < -0.3 is 4.42 Å². The predicted octanol–water partition coefficient (Wildman–Crippen LogP) is 0.572. The zero-order valence-electron chi connectivity index (χ0n) is 4.46. The molecule has 1 radical (unpaired) electrons. The smallest absolute Gasteiger partial charge is 0.280 e. The van der Waals surface area contributed by atoms with Crippen molar-refractivity contribution in [2.45, 2.75) is 0 Å². The first-order chi connectivity index (χ1) is 4.34. The lowest BCUT2D eigenvalue weighted by Crippen LogP contribution is -1.95. The summed E-state index contributed by atoms with van der Waals surface area (Å²) in [7, 11) is 0. The van der Waals surface area contributed by atoms with Gasteiger partial charge in [-0.1, -0.05) is 0 Å². The summed E-state index contributed by atoms with van der Waals surface area (Å²) in [5, 5.41) is 0. The topological polar surface area (TPSA) is 47.3 Å². The molecule has 0 atom stereocenters. The molecule has 0 aliphatic heterocycles. The Morgan fingerprint density at radius 3 is 2.89 bits per heavy atom. The number of hydrogen-bond acceptors (Lipinski definition) is 3. The van der Waals surface area contributed by atoms with Gasteiger partial charge in [-0.15, -0.1) is 0 Å². The van der Waals surface area contributed by atoms with Crippen molar-refractivity contribution in [2.24, 2.45) is 0 Å². The van der Waals surface area contributed by atoms with Crippen LogP contribution in [0.3, 0.4) is 0 Å². The van der Waals surface area contributed by atoms with Crippen LogP contribution in [0.4, 0.5) is 0 Å². The number of furan rings is 1. The molecule has 1 heterocycles. The highest BCUT2D eigenvalue weighted by Crippen LogP contribution is 1.98. The summed E-state index contributed by atoms with van der Waals surface area (Å²) >= 11 is 0. The largest absolute Gasteiger partial charge is 0.461 e. The Balaban J connectivity index is 2.89. The molecule has 0 spiro atoms. The molecule has 45 valence electrons. The number of carbonyl (C=O) groups is 1. The lowest BCUT2D eigenvalue weighted by molar-refractivity contribution is 0.103. The van der Waals surface area contributed by atoms with Gasteiger partial charge in [-0.25, -0.2) is 0 Å². The number of ketones is 1. The van der Waals surface area contributed by atoms with Crippen LogP contribution in [0, 0.1) is 0 Å². The second-order valence-electron chi connectivity index (χ2n) is 1.41. The molecule has 0 aromatic carbocycles. The lowest BCUT2D eigenvalue weighted by Gasteiger charge is -1.78. The van der Waals surface area contributed by atoms with Gasteiger partial charge in [-0.2, -0.15) is 0 Å². The van der Waals surface area contributed by atoms with Crippen LogP contribution in [-0.2, 0) is 4.79 Å². The average Bonchev–Trinajstić information content (AvgIpc) is 2.37. The minimum absolute atomic E-state index is 0.0324. The average molecular weight is 123 g/mol. The van der Waals surface area contributed by atoms with Crippen LogP contribution in [0.5, 0.6) is 0 Å². The Kier molecular flexibility index (Phi) is 1.44. The van der Waals surface area contributed by atoms with Crippen molar-refractivity contribution >= 4 is 12.1 Å². The van der Waals surface area contributed by atoms with Crippen LogP contribution in [0.2, 0.25) is 0 Å². The van der Waals surface area contributed by atoms with Gasteiger partial charge in [-0.05, 0) is 12.1 Å². The monoisotopic (exact) mass is 123 g/mol. The van der Waals surface area contributed by atoms with Gasteiger partial charge in [-0.3, -0.25) is 9.59 Å². The third-order valence-electron chi connectivity index (χ3n) is 0.838. The molecule has 0 aliphatic rings. The number of carbonyl (C=O) groups excluding carboxylic acids is 2. The first-order valence-corrected chi connectivity index (χ1v) is 2.30. The summed E-state index contributed by atoms with van der Waals surface area (Å²) < 4.78 is 4.57. The molecule has 0 aliphatic carbocycles. The van der Waals surface area contributed by atoms with E-state index in [-0.39, 0.29) is 5.76 Å². The fraction of sp³-hybridized carbons (Fsp3) is 0. The van der Waals surface area contributed by atoms with Gasteiger partial charge in [0.25, 0.3) is 12.1 Å². The van der Waals surface area contributed by atoms with E-state index in [0.717, 1.165) is 0 Å². The summed E-state index contributed by atoms with van der Waals surface area (Å²) in [6.45, 7) is 0. The van der Waals surface area contributed by atoms with Crippen LogP contribution in [-0.4, -0.2) is 12.1 Å². The molecule has 0 unspecified atom stereocenters. The number of rotatable bonds is 2. The van der Waals surface area contributed by atoms with Crippen molar-refractivity contribution in [1.82, 2.24) is 0 Å². The van der Waals surface area contributed by atoms with E-state index in [1.54, 1.807) is 0 Å². The van der Waals surface area contributed by atoms with Crippen molar-refractivity contribution in [3.05, 3.63) is 24.2 Å².